The van der Waals surface area contributed by atoms with Crippen molar-refractivity contribution in [3.05, 3.63) is 5.82 Å². The lowest BCUT2D eigenvalue weighted by atomic mass is 10.2. The largest absolute Gasteiger partial charge is 0.481 e. The SMILES string of the molecule is CC(NC(=O)C1CC1C(=O)O)c1nn[nH]n1. The van der Waals surface area contributed by atoms with E-state index in [2.05, 4.69) is 25.9 Å². The van der Waals surface area contributed by atoms with E-state index >= 15 is 0 Å². The number of nitrogens with one attached hydrogen (secondary N) is 2. The van der Waals surface area contributed by atoms with Gasteiger partial charge in [0.25, 0.3) is 0 Å². The Hall–Kier alpha value is -1.99. The van der Waals surface area contributed by atoms with E-state index in [-0.39, 0.29) is 11.9 Å². The van der Waals surface area contributed by atoms with Crippen LogP contribution in [0.1, 0.15) is 25.2 Å². The van der Waals surface area contributed by atoms with Crippen LogP contribution in [0.5, 0.6) is 0 Å². The summed E-state index contributed by atoms with van der Waals surface area (Å²) in [5, 5.41) is 24.4. The number of carbonyl (C=O) groups is 2. The van der Waals surface area contributed by atoms with Crippen molar-refractivity contribution in [3.8, 4) is 0 Å². The molecular weight excluding hydrogens is 214 g/mol. The summed E-state index contributed by atoms with van der Waals surface area (Å²) in [7, 11) is 0. The number of tetrazole rings is 1. The number of rotatable bonds is 4. The van der Waals surface area contributed by atoms with Crippen molar-refractivity contribution in [2.24, 2.45) is 11.8 Å². The van der Waals surface area contributed by atoms with E-state index in [1.807, 2.05) is 0 Å². The maximum absolute atomic E-state index is 11.6. The average Bonchev–Trinajstić information content (AvgIpc) is 2.85. The van der Waals surface area contributed by atoms with Gasteiger partial charge in [-0.1, -0.05) is 5.21 Å². The second-order valence-electron chi connectivity index (χ2n) is 3.79. The summed E-state index contributed by atoms with van der Waals surface area (Å²) in [6, 6.07) is -0.374. The molecule has 1 amide bonds. The molecule has 1 aliphatic rings. The molecule has 0 radical (unpaired) electrons. The van der Waals surface area contributed by atoms with E-state index in [0.717, 1.165) is 0 Å². The van der Waals surface area contributed by atoms with Gasteiger partial charge in [0.15, 0.2) is 5.82 Å². The van der Waals surface area contributed by atoms with Crippen LogP contribution in [0.4, 0.5) is 0 Å². The molecule has 3 atom stereocenters. The first-order valence-electron chi connectivity index (χ1n) is 4.86. The molecule has 1 aromatic rings. The summed E-state index contributed by atoms with van der Waals surface area (Å²) < 4.78 is 0. The maximum atomic E-state index is 11.6. The quantitative estimate of drug-likeness (QED) is 0.610. The van der Waals surface area contributed by atoms with Gasteiger partial charge in [-0.15, -0.1) is 10.2 Å². The minimum atomic E-state index is -0.924. The fourth-order valence-corrected chi connectivity index (χ4v) is 1.50. The summed E-state index contributed by atoms with van der Waals surface area (Å²) in [5.41, 5.74) is 0. The molecule has 16 heavy (non-hydrogen) atoms. The van der Waals surface area contributed by atoms with Gasteiger partial charge in [0.1, 0.15) is 0 Å². The molecule has 0 spiro atoms. The van der Waals surface area contributed by atoms with E-state index in [0.29, 0.717) is 12.2 Å². The molecule has 1 aliphatic carbocycles. The molecule has 3 unspecified atom stereocenters. The van der Waals surface area contributed by atoms with Crippen LogP contribution >= 0.6 is 0 Å². The number of hydrogen-bond acceptors (Lipinski definition) is 5. The third-order valence-electron chi connectivity index (χ3n) is 2.55. The van der Waals surface area contributed by atoms with E-state index in [1.54, 1.807) is 6.92 Å². The van der Waals surface area contributed by atoms with Gasteiger partial charge in [0.05, 0.1) is 17.9 Å². The highest BCUT2D eigenvalue weighted by atomic mass is 16.4. The zero-order valence-corrected chi connectivity index (χ0v) is 8.54. The van der Waals surface area contributed by atoms with E-state index < -0.39 is 17.8 Å². The van der Waals surface area contributed by atoms with Crippen molar-refractivity contribution in [2.75, 3.05) is 0 Å². The highest BCUT2D eigenvalue weighted by molar-refractivity contribution is 5.89. The van der Waals surface area contributed by atoms with Crippen molar-refractivity contribution in [1.29, 1.82) is 0 Å². The number of aromatic nitrogens is 4. The summed E-state index contributed by atoms with van der Waals surface area (Å²) in [4.78, 5) is 22.1. The minimum absolute atomic E-state index is 0.273. The Balaban J connectivity index is 1.87. The Morgan fingerprint density at radius 3 is 2.81 bits per heavy atom. The third-order valence-corrected chi connectivity index (χ3v) is 2.55. The molecule has 2 rings (SSSR count). The smallest absolute Gasteiger partial charge is 0.307 e. The third kappa shape index (κ3) is 2.00. The van der Waals surface area contributed by atoms with Gasteiger partial charge < -0.3 is 10.4 Å². The van der Waals surface area contributed by atoms with Crippen LogP contribution in [-0.4, -0.2) is 37.6 Å². The minimum Gasteiger partial charge on any atom is -0.481 e. The summed E-state index contributed by atoms with van der Waals surface area (Å²) in [6.07, 6.45) is 0.403. The van der Waals surface area contributed by atoms with Gasteiger partial charge in [0, 0.05) is 0 Å². The van der Waals surface area contributed by atoms with E-state index in [9.17, 15) is 9.59 Å². The number of nitrogens with zero attached hydrogens (tertiary/aromatic N) is 3. The van der Waals surface area contributed by atoms with Crippen molar-refractivity contribution < 1.29 is 14.7 Å². The molecule has 0 saturated heterocycles. The molecule has 0 aliphatic heterocycles. The van der Waals surface area contributed by atoms with Crippen LogP contribution < -0.4 is 5.32 Å². The van der Waals surface area contributed by atoms with Crippen LogP contribution in [0, 0.1) is 11.8 Å². The van der Waals surface area contributed by atoms with Gasteiger partial charge in [-0.3, -0.25) is 9.59 Å². The second kappa shape index (κ2) is 3.87. The molecule has 8 nitrogen and oxygen atoms in total. The van der Waals surface area contributed by atoms with Crippen molar-refractivity contribution in [2.45, 2.75) is 19.4 Å². The monoisotopic (exact) mass is 225 g/mol. The molecule has 3 N–H and O–H groups in total. The maximum Gasteiger partial charge on any atom is 0.307 e. The van der Waals surface area contributed by atoms with Gasteiger partial charge in [0.2, 0.25) is 5.91 Å². The van der Waals surface area contributed by atoms with E-state index in [1.165, 1.54) is 0 Å². The highest BCUT2D eigenvalue weighted by Crippen LogP contribution is 2.38. The van der Waals surface area contributed by atoms with Gasteiger partial charge in [-0.25, -0.2) is 0 Å². The molecule has 1 heterocycles. The van der Waals surface area contributed by atoms with Crippen molar-refractivity contribution in [3.63, 3.8) is 0 Å². The first-order chi connectivity index (χ1) is 7.59. The number of hydrogen-bond donors (Lipinski definition) is 3. The predicted octanol–water partition coefficient (Wildman–Crippen LogP) is -0.902. The Bertz CT molecular complexity index is 404. The number of carboxylic acid groups (broad SMARTS) is 1. The predicted molar refractivity (Wildman–Crippen MR) is 50.0 cm³/mol. The zero-order chi connectivity index (χ0) is 11.7. The van der Waals surface area contributed by atoms with Gasteiger partial charge in [-0.05, 0) is 13.3 Å². The Morgan fingerprint density at radius 2 is 2.31 bits per heavy atom. The number of aromatic amines is 1. The average molecular weight is 225 g/mol. The molecule has 1 fully saturated rings. The van der Waals surface area contributed by atoms with E-state index in [4.69, 9.17) is 5.11 Å². The zero-order valence-electron chi connectivity index (χ0n) is 8.54. The summed E-state index contributed by atoms with van der Waals surface area (Å²) in [6.45, 7) is 1.71. The molecule has 1 aromatic heterocycles. The molecule has 1 saturated carbocycles. The van der Waals surface area contributed by atoms with Crippen molar-refractivity contribution in [1.82, 2.24) is 25.9 Å². The molecule has 8 heteroatoms. The molecule has 86 valence electrons. The molecule has 0 aromatic carbocycles. The molecular formula is C8H11N5O3. The first kappa shape index (κ1) is 10.5. The van der Waals surface area contributed by atoms with Crippen LogP contribution in [0.2, 0.25) is 0 Å². The standard InChI is InChI=1S/C8H11N5O3/c1-3(6-10-12-13-11-6)9-7(14)4-2-5(4)8(15)16/h3-5H,2H2,1H3,(H,9,14)(H,15,16)(H,10,11,12,13). The summed E-state index contributed by atoms with van der Waals surface area (Å²) in [5.74, 6) is -1.79. The van der Waals surface area contributed by atoms with Crippen LogP contribution in [-0.2, 0) is 9.59 Å². The lowest BCUT2D eigenvalue weighted by molar-refractivity contribution is -0.140. The summed E-state index contributed by atoms with van der Waals surface area (Å²) >= 11 is 0. The number of carbonyl (C=O) groups excluding carboxylic acids is 1. The van der Waals surface area contributed by atoms with Gasteiger partial charge in [-0.2, -0.15) is 5.21 Å². The Labute approximate surface area is 90.4 Å². The van der Waals surface area contributed by atoms with Crippen LogP contribution in [0.15, 0.2) is 0 Å². The number of amides is 1. The van der Waals surface area contributed by atoms with Crippen molar-refractivity contribution >= 4 is 11.9 Å². The number of aliphatic carboxylic acids is 1. The van der Waals surface area contributed by atoms with Gasteiger partial charge >= 0.3 is 5.97 Å². The lowest BCUT2D eigenvalue weighted by Crippen LogP contribution is -2.29. The lowest BCUT2D eigenvalue weighted by Gasteiger charge is -2.08. The first-order valence-corrected chi connectivity index (χ1v) is 4.86. The topological polar surface area (TPSA) is 121 Å². The normalized spacial score (nSPS) is 24.8. The Morgan fingerprint density at radius 1 is 1.56 bits per heavy atom. The highest BCUT2D eigenvalue weighted by Gasteiger charge is 2.48. The number of H-pyrrole nitrogens is 1. The fourth-order valence-electron chi connectivity index (χ4n) is 1.50. The number of carboxylic acids is 1. The van der Waals surface area contributed by atoms with Crippen LogP contribution in [0.3, 0.4) is 0 Å². The second-order valence-corrected chi connectivity index (χ2v) is 3.79. The Kier molecular flexibility index (Phi) is 2.55. The van der Waals surface area contributed by atoms with Crippen LogP contribution in [0.25, 0.3) is 0 Å². The molecule has 0 bridgehead atoms. The fraction of sp³-hybridized carbons (Fsp3) is 0.625.